The number of carbonyl (C=O) groups is 2. The number of hydrogen-bond acceptors (Lipinski definition) is 4. The monoisotopic (exact) mass is 364 g/mol. The maximum absolute atomic E-state index is 11.6. The van der Waals surface area contributed by atoms with Gasteiger partial charge in [-0.25, -0.2) is 9.78 Å². The van der Waals surface area contributed by atoms with E-state index in [1.807, 2.05) is 18.2 Å². The van der Waals surface area contributed by atoms with Crippen molar-refractivity contribution < 1.29 is 19.4 Å². The van der Waals surface area contributed by atoms with Crippen LogP contribution in [0.1, 0.15) is 29.3 Å². The molecule has 27 heavy (non-hydrogen) atoms. The molecule has 3 rings (SSSR count). The summed E-state index contributed by atoms with van der Waals surface area (Å²) in [5.74, 6) is -1.37. The second-order valence-electron chi connectivity index (χ2n) is 6.24. The zero-order chi connectivity index (χ0) is 19.4. The van der Waals surface area contributed by atoms with Crippen LogP contribution in [0.2, 0.25) is 0 Å². The number of ether oxygens (including phenoxy) is 1. The lowest BCUT2D eigenvalue weighted by Crippen LogP contribution is -2.11. The van der Waals surface area contributed by atoms with Crippen LogP contribution in [0.5, 0.6) is 5.88 Å². The molecule has 0 aliphatic heterocycles. The number of aryl methyl sites for hydroxylation is 1. The van der Waals surface area contributed by atoms with Crippen LogP contribution in [0.3, 0.4) is 0 Å². The minimum Gasteiger partial charge on any atom is -0.479 e. The summed E-state index contributed by atoms with van der Waals surface area (Å²) in [6.45, 7) is 1.63. The van der Waals surface area contributed by atoms with E-state index in [2.05, 4.69) is 18.0 Å². The molecular formula is C21H20N2O4. The lowest BCUT2D eigenvalue weighted by atomic mass is 9.97. The molecule has 0 bridgehead atoms. The van der Waals surface area contributed by atoms with Crippen LogP contribution >= 0.6 is 0 Å². The zero-order valence-corrected chi connectivity index (χ0v) is 14.9. The molecule has 0 aliphatic rings. The number of benzene rings is 2. The first kappa shape index (κ1) is 18.4. The van der Waals surface area contributed by atoms with Crippen LogP contribution in [-0.2, 0) is 11.2 Å². The van der Waals surface area contributed by atoms with Gasteiger partial charge >= 0.3 is 5.97 Å². The molecule has 0 spiro atoms. The fraction of sp³-hybridized carbons (Fsp3) is 0.190. The summed E-state index contributed by atoms with van der Waals surface area (Å²) in [6.07, 6.45) is 1.96. The molecule has 3 N–H and O–H groups in total. The van der Waals surface area contributed by atoms with Gasteiger partial charge in [-0.2, -0.15) is 0 Å². The number of aliphatic carboxylic acids is 1. The van der Waals surface area contributed by atoms with Crippen molar-refractivity contribution in [3.8, 4) is 17.0 Å². The van der Waals surface area contributed by atoms with Gasteiger partial charge in [0.05, 0.1) is 5.52 Å². The maximum Gasteiger partial charge on any atom is 0.341 e. The molecule has 0 radical (unpaired) electrons. The number of carboxylic acids is 1. The second-order valence-corrected chi connectivity index (χ2v) is 6.24. The molecule has 0 fully saturated rings. The van der Waals surface area contributed by atoms with Crippen molar-refractivity contribution in [2.75, 3.05) is 6.61 Å². The van der Waals surface area contributed by atoms with Crippen molar-refractivity contribution in [3.63, 3.8) is 0 Å². The van der Waals surface area contributed by atoms with Crippen LogP contribution in [0, 0.1) is 0 Å². The lowest BCUT2D eigenvalue weighted by molar-refractivity contribution is -0.139. The van der Waals surface area contributed by atoms with E-state index in [1.165, 1.54) is 5.56 Å². The number of nitrogens with two attached hydrogens (primary N) is 1. The molecule has 138 valence electrons. The number of hydrogen-bond donors (Lipinski definition) is 2. The molecule has 2 aromatic carbocycles. The lowest BCUT2D eigenvalue weighted by Gasteiger charge is -2.12. The Hall–Kier alpha value is -3.41. The minimum absolute atomic E-state index is 0.215. The van der Waals surface area contributed by atoms with Gasteiger partial charge < -0.3 is 15.6 Å². The van der Waals surface area contributed by atoms with Crippen molar-refractivity contribution >= 4 is 22.8 Å². The third kappa shape index (κ3) is 4.23. The molecule has 0 saturated carbocycles. The largest absolute Gasteiger partial charge is 0.479 e. The van der Waals surface area contributed by atoms with Crippen LogP contribution < -0.4 is 10.5 Å². The van der Waals surface area contributed by atoms with Crippen molar-refractivity contribution in [1.29, 1.82) is 0 Å². The predicted octanol–water partition coefficient (Wildman–Crippen LogP) is 3.42. The topological polar surface area (TPSA) is 103 Å². The zero-order valence-electron chi connectivity index (χ0n) is 14.9. The number of amides is 1. The molecule has 0 unspecified atom stereocenters. The SMILES string of the molecule is CCCc1ccc2nc(OCC(=O)O)cc(-c3cccc(C(N)=O)c3)c2c1. The van der Waals surface area contributed by atoms with Gasteiger partial charge in [0.2, 0.25) is 11.8 Å². The molecule has 1 heterocycles. The summed E-state index contributed by atoms with van der Waals surface area (Å²) in [6, 6.07) is 14.7. The van der Waals surface area contributed by atoms with Gasteiger partial charge in [-0.15, -0.1) is 0 Å². The summed E-state index contributed by atoms with van der Waals surface area (Å²) >= 11 is 0. The first-order chi connectivity index (χ1) is 13.0. The van der Waals surface area contributed by atoms with E-state index in [9.17, 15) is 9.59 Å². The van der Waals surface area contributed by atoms with Gasteiger partial charge in [0.1, 0.15) is 0 Å². The first-order valence-corrected chi connectivity index (χ1v) is 8.66. The summed E-state index contributed by atoms with van der Waals surface area (Å²) < 4.78 is 5.29. The third-order valence-corrected chi connectivity index (χ3v) is 4.19. The molecule has 0 aliphatic carbocycles. The minimum atomic E-state index is -1.08. The summed E-state index contributed by atoms with van der Waals surface area (Å²) in [7, 11) is 0. The van der Waals surface area contributed by atoms with Crippen molar-refractivity contribution in [2.45, 2.75) is 19.8 Å². The van der Waals surface area contributed by atoms with E-state index in [0.717, 1.165) is 29.4 Å². The smallest absolute Gasteiger partial charge is 0.341 e. The van der Waals surface area contributed by atoms with Crippen molar-refractivity contribution in [2.24, 2.45) is 5.73 Å². The molecule has 1 amide bonds. The highest BCUT2D eigenvalue weighted by atomic mass is 16.5. The number of carboxylic acid groups (broad SMARTS) is 1. The Balaban J connectivity index is 2.19. The molecular weight excluding hydrogens is 344 g/mol. The standard InChI is InChI=1S/C21H20N2O4/c1-2-4-13-7-8-18-17(9-13)16(11-19(23-18)27-12-20(24)25)14-5-3-6-15(10-14)21(22)26/h3,5-11H,2,4,12H2,1H3,(H2,22,26)(H,24,25). The number of pyridine rings is 1. The first-order valence-electron chi connectivity index (χ1n) is 8.66. The Morgan fingerprint density at radius 2 is 1.96 bits per heavy atom. The fourth-order valence-corrected chi connectivity index (χ4v) is 2.98. The number of aromatic nitrogens is 1. The Labute approximate surface area is 156 Å². The normalized spacial score (nSPS) is 10.7. The van der Waals surface area contributed by atoms with Gasteiger partial charge in [-0.1, -0.05) is 31.5 Å². The van der Waals surface area contributed by atoms with Gasteiger partial charge in [-0.3, -0.25) is 4.79 Å². The number of rotatable bonds is 7. The summed E-state index contributed by atoms with van der Waals surface area (Å²) in [5, 5.41) is 9.77. The molecule has 1 aromatic heterocycles. The average Bonchev–Trinajstić information content (AvgIpc) is 2.66. The van der Waals surface area contributed by atoms with Gasteiger partial charge in [-0.05, 0) is 47.4 Å². The van der Waals surface area contributed by atoms with Crippen LogP contribution in [0.4, 0.5) is 0 Å². The average molecular weight is 364 g/mol. The van der Waals surface area contributed by atoms with E-state index < -0.39 is 18.5 Å². The highest BCUT2D eigenvalue weighted by Gasteiger charge is 2.12. The predicted molar refractivity (Wildman–Crippen MR) is 103 cm³/mol. The van der Waals surface area contributed by atoms with Crippen molar-refractivity contribution in [3.05, 3.63) is 59.7 Å². The molecule has 0 atom stereocenters. The van der Waals surface area contributed by atoms with E-state index in [1.54, 1.807) is 24.3 Å². The van der Waals surface area contributed by atoms with Crippen LogP contribution in [0.25, 0.3) is 22.0 Å². The van der Waals surface area contributed by atoms with Crippen LogP contribution in [-0.4, -0.2) is 28.6 Å². The second kappa shape index (κ2) is 7.86. The van der Waals surface area contributed by atoms with Gasteiger partial charge in [0.25, 0.3) is 0 Å². The van der Waals surface area contributed by atoms with E-state index >= 15 is 0 Å². The molecule has 3 aromatic rings. The van der Waals surface area contributed by atoms with Gasteiger partial charge in [0.15, 0.2) is 6.61 Å². The van der Waals surface area contributed by atoms with E-state index in [4.69, 9.17) is 15.6 Å². The quantitative estimate of drug-likeness (QED) is 0.669. The summed E-state index contributed by atoms with van der Waals surface area (Å²) in [4.78, 5) is 26.8. The Kier molecular flexibility index (Phi) is 5.35. The Morgan fingerprint density at radius 1 is 1.15 bits per heavy atom. The Bertz CT molecular complexity index is 1010. The molecule has 6 heteroatoms. The van der Waals surface area contributed by atoms with Crippen LogP contribution in [0.15, 0.2) is 48.5 Å². The number of primary amides is 1. The Morgan fingerprint density at radius 3 is 2.67 bits per heavy atom. The highest BCUT2D eigenvalue weighted by molar-refractivity contribution is 5.98. The number of fused-ring (bicyclic) bond motifs is 1. The summed E-state index contributed by atoms with van der Waals surface area (Å²) in [5.41, 5.74) is 9.27. The number of nitrogens with zero attached hydrogens (tertiary/aromatic N) is 1. The molecule has 6 nitrogen and oxygen atoms in total. The fourth-order valence-electron chi connectivity index (χ4n) is 2.98. The third-order valence-electron chi connectivity index (χ3n) is 4.19. The van der Waals surface area contributed by atoms with Gasteiger partial charge in [0, 0.05) is 17.0 Å². The maximum atomic E-state index is 11.6. The van der Waals surface area contributed by atoms with E-state index in [-0.39, 0.29) is 5.88 Å². The van der Waals surface area contributed by atoms with Crippen molar-refractivity contribution in [1.82, 2.24) is 4.98 Å². The number of carbonyl (C=O) groups excluding carboxylic acids is 1. The molecule has 0 saturated heterocycles. The highest BCUT2D eigenvalue weighted by Crippen LogP contribution is 2.32. The van der Waals surface area contributed by atoms with E-state index in [0.29, 0.717) is 11.1 Å².